The standard InChI is InChI=1S/2C58H50N6/c1-33-30-50(64-53-40(8)36(4)34(2)38(6)51(53)52-39(7)35(3)37(5)41(9)54(52)64)47(58-59-48(42-22-14-10-15-23-42)32-49(60-58)43-24-16-11-17-25-43)31-46(33)57-62-55(44-26-18-12-19-27-44)61-56(63-57)45-28-20-13-21-29-45;1-33-30-46(57-62-55(44-26-18-12-19-27-44)61-56(63-57)45-28-20-13-21-29-45)31-47(58-59-48(42-22-14-10-15-23-42)32-49(60-58)43-24-16-11-17-25-43)52(33)64-53-40(8)36(4)34(2)38(6)50(53)51-39(7)35(3)37(5)41(9)54(51)64/h2*10-32H,1-9H3. The van der Waals surface area contributed by atoms with Crippen LogP contribution in [0.5, 0.6) is 0 Å². The summed E-state index contributed by atoms with van der Waals surface area (Å²) < 4.78 is 5.07. The Morgan fingerprint density at radius 2 is 0.398 bits per heavy atom. The topological polar surface area (TPSA) is 139 Å². The van der Waals surface area contributed by atoms with Crippen molar-refractivity contribution in [2.24, 2.45) is 0 Å². The minimum absolute atomic E-state index is 0.574. The van der Waals surface area contributed by atoms with E-state index >= 15 is 0 Å². The van der Waals surface area contributed by atoms with Crippen LogP contribution in [0.25, 0.3) is 191 Å². The van der Waals surface area contributed by atoms with Crippen LogP contribution in [0, 0.1) is 125 Å². The molecule has 6 aromatic heterocycles. The summed E-state index contributed by atoms with van der Waals surface area (Å²) in [6, 6.07) is 95.4. The van der Waals surface area contributed by atoms with Gasteiger partial charge in [-0.15, -0.1) is 0 Å². The minimum atomic E-state index is 0.574. The van der Waals surface area contributed by atoms with E-state index in [0.717, 1.165) is 112 Å². The highest BCUT2D eigenvalue weighted by atomic mass is 15.1. The molecule has 0 unspecified atom stereocenters. The van der Waals surface area contributed by atoms with Gasteiger partial charge in [0.1, 0.15) is 0 Å². The number of hydrogen-bond donors (Lipinski definition) is 0. The second-order valence-electron chi connectivity index (χ2n) is 34.4. The maximum absolute atomic E-state index is 5.50. The van der Waals surface area contributed by atoms with Gasteiger partial charge in [-0.25, -0.2) is 49.8 Å². The zero-order valence-electron chi connectivity index (χ0n) is 75.9. The molecular formula is C116H100N12. The Kier molecular flexibility index (Phi) is 21.5. The maximum Gasteiger partial charge on any atom is 0.164 e. The van der Waals surface area contributed by atoms with Crippen molar-refractivity contribution in [1.82, 2.24) is 59.0 Å². The molecule has 0 saturated carbocycles. The molecule has 6 heterocycles. The molecule has 12 nitrogen and oxygen atoms in total. The first-order valence-electron chi connectivity index (χ1n) is 44.1. The van der Waals surface area contributed by atoms with Crippen molar-refractivity contribution in [3.05, 3.63) is 379 Å². The van der Waals surface area contributed by atoms with Crippen molar-refractivity contribution < 1.29 is 0 Å². The molecule has 128 heavy (non-hydrogen) atoms. The summed E-state index contributed by atoms with van der Waals surface area (Å²) in [5.41, 5.74) is 44.4. The number of hydrogen-bond acceptors (Lipinski definition) is 10. The summed E-state index contributed by atoms with van der Waals surface area (Å²) in [4.78, 5) is 53.0. The lowest BCUT2D eigenvalue weighted by Gasteiger charge is -2.21. The first-order chi connectivity index (χ1) is 62.0. The van der Waals surface area contributed by atoms with E-state index in [9.17, 15) is 0 Å². The molecule has 0 amide bonds. The van der Waals surface area contributed by atoms with E-state index in [1.807, 2.05) is 146 Å². The molecule has 0 aliphatic carbocycles. The summed E-state index contributed by atoms with van der Waals surface area (Å²) in [5, 5.41) is 5.20. The van der Waals surface area contributed by atoms with Crippen LogP contribution in [0.1, 0.15) is 100 Å². The Bertz CT molecular complexity index is 7430. The van der Waals surface area contributed by atoms with Gasteiger partial charge in [0, 0.05) is 88.3 Å². The quantitative estimate of drug-likeness (QED) is 0.103. The Balaban J connectivity index is 0.000000167. The van der Waals surface area contributed by atoms with Gasteiger partial charge in [-0.2, -0.15) is 0 Å². The van der Waals surface area contributed by atoms with Crippen molar-refractivity contribution >= 4 is 43.6 Å². The smallest absolute Gasteiger partial charge is 0.164 e. The molecule has 0 bridgehead atoms. The van der Waals surface area contributed by atoms with Crippen molar-refractivity contribution in [3.8, 4) is 148 Å². The summed E-state index contributed by atoms with van der Waals surface area (Å²) in [6.45, 7) is 40.8. The first-order valence-corrected chi connectivity index (χ1v) is 44.1. The number of aryl methyl sites for hydroxylation is 10. The van der Waals surface area contributed by atoms with E-state index in [2.05, 4.69) is 267 Å². The SMILES string of the molecule is Cc1cc(-c2nc(-c3ccccc3)nc(-c3ccccc3)n2)cc(-c2nc(-c3ccccc3)cc(-c3ccccc3)n2)c1-n1c2c(C)c(C)c(C)c(C)c2c2c(C)c(C)c(C)c(C)c21.Cc1cc(-n2c3c(C)c(C)c(C)c(C)c3c3c(C)c(C)c(C)c(C)c32)c(-c2nc(-c3ccccc3)cc(-c3ccccc3)n2)cc1-c1nc(-c2ccccc2)nc(-c2ccccc2)n1. The second-order valence-corrected chi connectivity index (χ2v) is 34.4. The predicted octanol–water partition coefficient (Wildman–Crippen LogP) is 29.1. The third-order valence-electron chi connectivity index (χ3n) is 27.2. The van der Waals surface area contributed by atoms with Crippen LogP contribution < -0.4 is 0 Å². The highest BCUT2D eigenvalue weighted by Crippen LogP contribution is 2.50. The molecule has 14 aromatic carbocycles. The van der Waals surface area contributed by atoms with Gasteiger partial charge in [-0.1, -0.05) is 243 Å². The average molecular weight is 1660 g/mol. The van der Waals surface area contributed by atoms with Crippen LogP contribution in [0.15, 0.2) is 279 Å². The van der Waals surface area contributed by atoms with Gasteiger partial charge in [0.05, 0.1) is 56.2 Å². The highest BCUT2D eigenvalue weighted by Gasteiger charge is 2.32. The van der Waals surface area contributed by atoms with Crippen molar-refractivity contribution in [3.63, 3.8) is 0 Å². The van der Waals surface area contributed by atoms with Gasteiger partial charge < -0.3 is 9.13 Å². The third kappa shape index (κ3) is 14.4. The summed E-state index contributed by atoms with van der Waals surface area (Å²) in [6.07, 6.45) is 0. The Hall–Kier alpha value is -15.1. The first kappa shape index (κ1) is 82.5. The lowest BCUT2D eigenvalue weighted by atomic mass is 9.90. The van der Waals surface area contributed by atoms with Gasteiger partial charge in [0.2, 0.25) is 0 Å². The predicted molar refractivity (Wildman–Crippen MR) is 530 cm³/mol. The maximum atomic E-state index is 5.50. The molecule has 0 aliphatic rings. The van der Waals surface area contributed by atoms with E-state index in [-0.39, 0.29) is 0 Å². The average Bonchev–Trinajstić information content (AvgIpc) is 1.54. The fourth-order valence-electron chi connectivity index (χ4n) is 18.9. The molecule has 0 saturated heterocycles. The van der Waals surface area contributed by atoms with Crippen molar-refractivity contribution in [2.45, 2.75) is 125 Å². The van der Waals surface area contributed by atoms with E-state index in [1.54, 1.807) is 0 Å². The minimum Gasteiger partial charge on any atom is -0.308 e. The van der Waals surface area contributed by atoms with E-state index in [4.69, 9.17) is 49.8 Å². The fraction of sp³-hybridized carbons (Fsp3) is 0.155. The number of rotatable bonds is 14. The van der Waals surface area contributed by atoms with Crippen molar-refractivity contribution in [2.75, 3.05) is 0 Å². The lowest BCUT2D eigenvalue weighted by molar-refractivity contribution is 1.07. The van der Waals surface area contributed by atoms with Crippen LogP contribution in [0.4, 0.5) is 0 Å². The molecule has 0 N–H and O–H groups in total. The van der Waals surface area contributed by atoms with Crippen LogP contribution >= 0.6 is 0 Å². The number of benzene rings is 14. The van der Waals surface area contributed by atoms with E-state index in [1.165, 1.54) is 133 Å². The molecule has 12 heteroatoms. The second kappa shape index (κ2) is 33.4. The molecular weight excluding hydrogens is 1560 g/mol. The molecule has 20 aromatic rings. The Labute approximate surface area is 749 Å². The van der Waals surface area contributed by atoms with Gasteiger partial charge in [-0.3, -0.25) is 0 Å². The number of nitrogens with zero attached hydrogens (tertiary/aromatic N) is 12. The van der Waals surface area contributed by atoms with Crippen LogP contribution in [-0.4, -0.2) is 59.0 Å². The zero-order valence-corrected chi connectivity index (χ0v) is 75.9. The van der Waals surface area contributed by atoms with E-state index < -0.39 is 0 Å². The summed E-state index contributed by atoms with van der Waals surface area (Å²) >= 11 is 0. The monoisotopic (exact) mass is 1660 g/mol. The molecule has 0 fully saturated rings. The Morgan fingerprint density at radius 3 is 0.688 bits per heavy atom. The molecule has 0 spiro atoms. The zero-order chi connectivity index (χ0) is 88.8. The van der Waals surface area contributed by atoms with Crippen LogP contribution in [0.2, 0.25) is 0 Å². The molecule has 20 rings (SSSR count). The highest BCUT2D eigenvalue weighted by molar-refractivity contribution is 6.18. The van der Waals surface area contributed by atoms with Crippen LogP contribution in [-0.2, 0) is 0 Å². The molecule has 624 valence electrons. The molecule has 0 radical (unpaired) electrons. The van der Waals surface area contributed by atoms with E-state index in [0.29, 0.717) is 46.6 Å². The number of aromatic nitrogens is 12. The van der Waals surface area contributed by atoms with Gasteiger partial charge in [-0.05, 0) is 261 Å². The fourth-order valence-corrected chi connectivity index (χ4v) is 18.9. The lowest BCUT2D eigenvalue weighted by Crippen LogP contribution is -2.08. The van der Waals surface area contributed by atoms with Crippen LogP contribution in [0.3, 0.4) is 0 Å². The van der Waals surface area contributed by atoms with Gasteiger partial charge in [0.15, 0.2) is 46.6 Å². The third-order valence-corrected chi connectivity index (χ3v) is 27.2. The molecule has 0 aliphatic heterocycles. The summed E-state index contributed by atoms with van der Waals surface area (Å²) in [7, 11) is 0. The largest absolute Gasteiger partial charge is 0.308 e. The van der Waals surface area contributed by atoms with Gasteiger partial charge >= 0.3 is 0 Å². The molecule has 0 atom stereocenters. The Morgan fingerprint density at radius 1 is 0.164 bits per heavy atom. The summed E-state index contributed by atoms with van der Waals surface area (Å²) in [5.74, 6) is 4.83. The van der Waals surface area contributed by atoms with Gasteiger partial charge in [0.25, 0.3) is 0 Å². The number of fused-ring (bicyclic) bond motifs is 6. The van der Waals surface area contributed by atoms with Crippen molar-refractivity contribution in [1.29, 1.82) is 0 Å². The normalized spacial score (nSPS) is 11.5.